The fraction of sp³-hybridized carbons (Fsp3) is 0.138. The lowest BCUT2D eigenvalue weighted by Crippen LogP contribution is -2.32. The number of hydrogen-bond donors (Lipinski definition) is 1. The van der Waals surface area contributed by atoms with Crippen molar-refractivity contribution in [2.75, 3.05) is 11.9 Å². The molecule has 0 saturated carbocycles. The van der Waals surface area contributed by atoms with E-state index in [9.17, 15) is 4.79 Å². The molecule has 178 valence electrons. The van der Waals surface area contributed by atoms with E-state index in [1.54, 1.807) is 18.7 Å². The van der Waals surface area contributed by atoms with Gasteiger partial charge in [-0.25, -0.2) is 15.0 Å². The third kappa shape index (κ3) is 5.20. The number of fused-ring (bicyclic) bond motifs is 1. The van der Waals surface area contributed by atoms with Gasteiger partial charge in [-0.05, 0) is 53.4 Å². The molecule has 5 rings (SSSR count). The van der Waals surface area contributed by atoms with Crippen molar-refractivity contribution in [1.82, 2.24) is 24.8 Å². The van der Waals surface area contributed by atoms with Crippen molar-refractivity contribution in [2.24, 2.45) is 0 Å². The summed E-state index contributed by atoms with van der Waals surface area (Å²) >= 11 is 0. The van der Waals surface area contributed by atoms with E-state index in [0.717, 1.165) is 45.5 Å². The highest BCUT2D eigenvalue weighted by Crippen LogP contribution is 2.29. The number of carbonyl (C=O) groups is 1. The number of anilines is 2. The molecular formula is C29H26N6O. The molecule has 2 heterocycles. The Kier molecular flexibility index (Phi) is 6.89. The Balaban J connectivity index is 1.44. The molecule has 7 heteroatoms. The zero-order valence-electron chi connectivity index (χ0n) is 20.0. The molecule has 0 bridgehead atoms. The number of hydrogen-bond acceptors (Lipinski definition) is 6. The van der Waals surface area contributed by atoms with Gasteiger partial charge in [0.25, 0.3) is 5.91 Å². The van der Waals surface area contributed by atoms with Crippen molar-refractivity contribution in [3.63, 3.8) is 0 Å². The molecule has 0 unspecified atom stereocenters. The van der Waals surface area contributed by atoms with Crippen LogP contribution >= 0.6 is 0 Å². The van der Waals surface area contributed by atoms with Crippen molar-refractivity contribution in [1.29, 1.82) is 0 Å². The van der Waals surface area contributed by atoms with E-state index in [-0.39, 0.29) is 5.91 Å². The first-order chi connectivity index (χ1) is 17.7. The van der Waals surface area contributed by atoms with Gasteiger partial charge in [-0.3, -0.25) is 9.78 Å². The Morgan fingerprint density at radius 1 is 0.889 bits per heavy atom. The zero-order valence-corrected chi connectivity index (χ0v) is 20.0. The number of nitrogens with zero attached hydrogens (tertiary/aromatic N) is 5. The smallest absolute Gasteiger partial charge is 0.274 e. The van der Waals surface area contributed by atoms with E-state index in [1.807, 2.05) is 53.4 Å². The van der Waals surface area contributed by atoms with E-state index in [2.05, 4.69) is 56.4 Å². The highest BCUT2D eigenvalue weighted by Gasteiger charge is 2.17. The third-order valence-corrected chi connectivity index (χ3v) is 5.87. The molecule has 36 heavy (non-hydrogen) atoms. The van der Waals surface area contributed by atoms with Crippen LogP contribution in [0.3, 0.4) is 0 Å². The summed E-state index contributed by atoms with van der Waals surface area (Å²) in [6.07, 6.45) is 7.06. The first-order valence-corrected chi connectivity index (χ1v) is 11.9. The average Bonchev–Trinajstić information content (AvgIpc) is 2.93. The van der Waals surface area contributed by atoms with Crippen molar-refractivity contribution in [2.45, 2.75) is 19.9 Å². The molecule has 0 aliphatic carbocycles. The molecule has 1 amide bonds. The maximum atomic E-state index is 13.0. The van der Waals surface area contributed by atoms with Crippen molar-refractivity contribution < 1.29 is 4.79 Å². The minimum atomic E-state index is -0.116. The Bertz CT molecular complexity index is 1470. The van der Waals surface area contributed by atoms with Gasteiger partial charge in [0, 0.05) is 36.6 Å². The van der Waals surface area contributed by atoms with Gasteiger partial charge in [-0.1, -0.05) is 49.4 Å². The quantitative estimate of drug-likeness (QED) is 0.302. The molecule has 2 aromatic heterocycles. The van der Waals surface area contributed by atoms with Crippen LogP contribution in [0.1, 0.15) is 29.4 Å². The lowest BCUT2D eigenvalue weighted by molar-refractivity contribution is 0.0736. The van der Waals surface area contributed by atoms with Gasteiger partial charge < -0.3 is 10.2 Å². The number of aromatic nitrogens is 4. The third-order valence-electron chi connectivity index (χ3n) is 5.87. The maximum absolute atomic E-state index is 13.0. The average molecular weight is 475 g/mol. The summed E-state index contributed by atoms with van der Waals surface area (Å²) in [6, 6.07) is 24.4. The van der Waals surface area contributed by atoms with Crippen LogP contribution in [0.25, 0.3) is 22.0 Å². The molecule has 0 aliphatic heterocycles. The topological polar surface area (TPSA) is 83.9 Å². The summed E-state index contributed by atoms with van der Waals surface area (Å²) in [5, 5.41) is 4.34. The van der Waals surface area contributed by atoms with Crippen LogP contribution in [-0.2, 0) is 6.54 Å². The monoisotopic (exact) mass is 474 g/mol. The van der Waals surface area contributed by atoms with Gasteiger partial charge in [0.05, 0.1) is 11.7 Å². The van der Waals surface area contributed by atoms with Gasteiger partial charge in [0.2, 0.25) is 0 Å². The molecule has 0 radical (unpaired) electrons. The normalized spacial score (nSPS) is 10.8. The first kappa shape index (κ1) is 23.1. The van der Waals surface area contributed by atoms with E-state index in [1.165, 1.54) is 6.20 Å². The van der Waals surface area contributed by atoms with E-state index in [4.69, 9.17) is 0 Å². The molecule has 0 saturated heterocycles. The Hall–Kier alpha value is -4.65. The maximum Gasteiger partial charge on any atom is 0.274 e. The predicted octanol–water partition coefficient (Wildman–Crippen LogP) is 5.88. The zero-order chi connectivity index (χ0) is 24.7. The van der Waals surface area contributed by atoms with Crippen LogP contribution in [0.5, 0.6) is 0 Å². The molecule has 0 spiro atoms. The Morgan fingerprint density at radius 3 is 2.56 bits per heavy atom. The summed E-state index contributed by atoms with van der Waals surface area (Å²) in [7, 11) is 0. The number of para-hydroxylation sites is 1. The first-order valence-electron chi connectivity index (χ1n) is 11.9. The molecule has 3 aromatic carbocycles. The van der Waals surface area contributed by atoms with Crippen molar-refractivity contribution >= 4 is 28.3 Å². The van der Waals surface area contributed by atoms with Crippen LogP contribution in [0.4, 0.5) is 11.5 Å². The lowest BCUT2D eigenvalue weighted by atomic mass is 10.0. The molecule has 1 N–H and O–H groups in total. The largest absolute Gasteiger partial charge is 0.340 e. The second kappa shape index (κ2) is 10.7. The molecule has 0 fully saturated rings. The lowest BCUT2D eigenvalue weighted by Gasteiger charge is -2.22. The fourth-order valence-corrected chi connectivity index (χ4v) is 4.16. The predicted molar refractivity (Wildman–Crippen MR) is 142 cm³/mol. The van der Waals surface area contributed by atoms with Gasteiger partial charge in [-0.2, -0.15) is 0 Å². The Labute approximate surface area is 209 Å². The highest BCUT2D eigenvalue weighted by molar-refractivity contribution is 5.94. The second-order valence-electron chi connectivity index (χ2n) is 8.46. The van der Waals surface area contributed by atoms with Crippen LogP contribution in [-0.4, -0.2) is 37.3 Å². The minimum Gasteiger partial charge on any atom is -0.340 e. The van der Waals surface area contributed by atoms with Gasteiger partial charge in [0.15, 0.2) is 0 Å². The summed E-state index contributed by atoms with van der Waals surface area (Å²) in [5.41, 5.74) is 5.35. The second-order valence-corrected chi connectivity index (χ2v) is 8.46. The molecule has 7 nitrogen and oxygen atoms in total. The van der Waals surface area contributed by atoms with E-state index in [0.29, 0.717) is 18.8 Å². The molecule has 0 aliphatic rings. The summed E-state index contributed by atoms with van der Waals surface area (Å²) in [4.78, 5) is 32.0. The summed E-state index contributed by atoms with van der Waals surface area (Å²) < 4.78 is 0. The van der Waals surface area contributed by atoms with Crippen molar-refractivity contribution in [3.05, 3.63) is 109 Å². The molecular weight excluding hydrogens is 448 g/mol. The SMILES string of the molecule is CCCN(Cc1cccc(-c2ccc3ncnc(Nc4ccccc4)c3c2)c1)C(=O)c1cnccn1. The highest BCUT2D eigenvalue weighted by atomic mass is 16.2. The van der Waals surface area contributed by atoms with Gasteiger partial charge in [0.1, 0.15) is 17.8 Å². The number of benzene rings is 3. The minimum absolute atomic E-state index is 0.116. The number of rotatable bonds is 8. The van der Waals surface area contributed by atoms with Crippen LogP contribution < -0.4 is 5.32 Å². The van der Waals surface area contributed by atoms with E-state index >= 15 is 0 Å². The summed E-state index contributed by atoms with van der Waals surface area (Å²) in [5.74, 6) is 0.641. The van der Waals surface area contributed by atoms with Crippen molar-refractivity contribution in [3.8, 4) is 11.1 Å². The molecule has 0 atom stereocenters. The van der Waals surface area contributed by atoms with Crippen LogP contribution in [0, 0.1) is 0 Å². The Morgan fingerprint density at radius 2 is 1.75 bits per heavy atom. The molecule has 5 aromatic rings. The summed E-state index contributed by atoms with van der Waals surface area (Å²) in [6.45, 7) is 3.20. The van der Waals surface area contributed by atoms with Crippen LogP contribution in [0.15, 0.2) is 97.7 Å². The fourth-order valence-electron chi connectivity index (χ4n) is 4.16. The van der Waals surface area contributed by atoms with Crippen LogP contribution in [0.2, 0.25) is 0 Å². The number of amides is 1. The number of carbonyl (C=O) groups excluding carboxylic acids is 1. The van der Waals surface area contributed by atoms with Gasteiger partial charge >= 0.3 is 0 Å². The van der Waals surface area contributed by atoms with E-state index < -0.39 is 0 Å². The standard InChI is InChI=1S/C29H26N6O/c1-2-15-35(29(36)27-18-30-13-14-31-27)19-21-7-6-8-22(16-21)23-11-12-26-25(17-23)28(33-20-32-26)34-24-9-4-3-5-10-24/h3-14,16-18,20H,2,15,19H2,1H3,(H,32,33,34). The number of nitrogens with one attached hydrogen (secondary N) is 1. The van der Waals surface area contributed by atoms with Gasteiger partial charge in [-0.15, -0.1) is 0 Å².